The fraction of sp³-hybridized carbons (Fsp3) is 0.500. The molecule has 1 amide bonds. The molecular weight excluding hydrogens is 228 g/mol. The zero-order valence-electron chi connectivity index (χ0n) is 10.7. The van der Waals surface area contributed by atoms with Crippen LogP contribution < -0.4 is 5.73 Å². The lowest BCUT2D eigenvalue weighted by Gasteiger charge is -2.23. The third-order valence-electron chi connectivity index (χ3n) is 3.36. The number of carbonyl (C=O) groups excluding carboxylic acids is 1. The fourth-order valence-corrected chi connectivity index (χ4v) is 2.24. The number of carbonyl (C=O) groups is 1. The van der Waals surface area contributed by atoms with E-state index >= 15 is 0 Å². The van der Waals surface area contributed by atoms with Crippen molar-refractivity contribution in [1.82, 2.24) is 4.90 Å². The van der Waals surface area contributed by atoms with Crippen molar-refractivity contribution in [2.45, 2.75) is 12.5 Å². The number of likely N-dealkylation sites (N-methyl/N-ethyl adjacent to an activating group) is 1. The second-order valence-corrected chi connectivity index (χ2v) is 4.84. The maximum absolute atomic E-state index is 12.2. The van der Waals surface area contributed by atoms with E-state index in [0.717, 1.165) is 31.7 Å². The van der Waals surface area contributed by atoms with Gasteiger partial charge in [0.25, 0.3) is 0 Å². The van der Waals surface area contributed by atoms with Gasteiger partial charge in [-0.1, -0.05) is 30.3 Å². The molecule has 0 aromatic heterocycles. The number of rotatable bonds is 4. The van der Waals surface area contributed by atoms with Crippen LogP contribution in [-0.4, -0.2) is 37.6 Å². The van der Waals surface area contributed by atoms with Crippen molar-refractivity contribution in [1.29, 1.82) is 0 Å². The smallest absolute Gasteiger partial charge is 0.243 e. The first-order valence-electron chi connectivity index (χ1n) is 6.31. The minimum Gasteiger partial charge on any atom is -0.381 e. The topological polar surface area (TPSA) is 55.6 Å². The molecule has 0 unspecified atom stereocenters. The summed E-state index contributed by atoms with van der Waals surface area (Å²) in [6.07, 6.45) is 1.03. The van der Waals surface area contributed by atoms with E-state index < -0.39 is 6.04 Å². The Morgan fingerprint density at radius 2 is 2.22 bits per heavy atom. The molecule has 0 radical (unpaired) electrons. The maximum atomic E-state index is 12.2. The molecule has 1 fully saturated rings. The molecule has 2 atom stereocenters. The number of nitrogens with zero attached hydrogens (tertiary/aromatic N) is 1. The van der Waals surface area contributed by atoms with Gasteiger partial charge in [-0.25, -0.2) is 0 Å². The number of nitrogens with two attached hydrogens (primary N) is 1. The molecule has 2 N–H and O–H groups in total. The van der Waals surface area contributed by atoms with Crippen molar-refractivity contribution in [3.63, 3.8) is 0 Å². The van der Waals surface area contributed by atoms with Gasteiger partial charge in [-0.05, 0) is 12.0 Å². The Morgan fingerprint density at radius 3 is 2.83 bits per heavy atom. The highest BCUT2D eigenvalue weighted by atomic mass is 16.5. The van der Waals surface area contributed by atoms with E-state index in [0.29, 0.717) is 5.92 Å². The van der Waals surface area contributed by atoms with Crippen LogP contribution in [0.5, 0.6) is 0 Å². The number of benzene rings is 1. The van der Waals surface area contributed by atoms with Crippen LogP contribution in [0.1, 0.15) is 18.0 Å². The van der Waals surface area contributed by atoms with Crippen LogP contribution in [-0.2, 0) is 9.53 Å². The van der Waals surface area contributed by atoms with Crippen LogP contribution in [0.25, 0.3) is 0 Å². The molecule has 4 nitrogen and oxygen atoms in total. The highest BCUT2D eigenvalue weighted by Crippen LogP contribution is 2.16. The average molecular weight is 248 g/mol. The van der Waals surface area contributed by atoms with Gasteiger partial charge >= 0.3 is 0 Å². The predicted molar refractivity (Wildman–Crippen MR) is 69.9 cm³/mol. The molecule has 1 aliphatic rings. The Hall–Kier alpha value is -1.39. The summed E-state index contributed by atoms with van der Waals surface area (Å²) in [7, 11) is 1.81. The Balaban J connectivity index is 1.93. The third-order valence-corrected chi connectivity index (χ3v) is 3.36. The molecule has 18 heavy (non-hydrogen) atoms. The Bertz CT molecular complexity index is 388. The van der Waals surface area contributed by atoms with E-state index in [1.165, 1.54) is 0 Å². The lowest BCUT2D eigenvalue weighted by Crippen LogP contribution is -2.38. The van der Waals surface area contributed by atoms with Crippen molar-refractivity contribution in [2.24, 2.45) is 11.7 Å². The fourth-order valence-electron chi connectivity index (χ4n) is 2.24. The van der Waals surface area contributed by atoms with E-state index in [1.54, 1.807) is 4.90 Å². The van der Waals surface area contributed by atoms with Crippen LogP contribution in [0.15, 0.2) is 30.3 Å². The number of hydrogen-bond acceptors (Lipinski definition) is 3. The normalized spacial score (nSPS) is 20.7. The molecule has 98 valence electrons. The van der Waals surface area contributed by atoms with Crippen LogP contribution in [0.2, 0.25) is 0 Å². The first-order chi connectivity index (χ1) is 8.68. The van der Waals surface area contributed by atoms with E-state index in [-0.39, 0.29) is 5.91 Å². The molecular formula is C14H20N2O2. The van der Waals surface area contributed by atoms with Gasteiger partial charge in [0.05, 0.1) is 6.61 Å². The first-order valence-corrected chi connectivity index (χ1v) is 6.31. The van der Waals surface area contributed by atoms with E-state index in [1.807, 2.05) is 37.4 Å². The van der Waals surface area contributed by atoms with Crippen molar-refractivity contribution in [3.05, 3.63) is 35.9 Å². The minimum atomic E-state index is -0.571. The molecule has 1 heterocycles. The van der Waals surface area contributed by atoms with Crippen molar-refractivity contribution in [3.8, 4) is 0 Å². The third kappa shape index (κ3) is 3.09. The predicted octanol–water partition coefficient (Wildman–Crippen LogP) is 1.18. The summed E-state index contributed by atoms with van der Waals surface area (Å²) >= 11 is 0. The molecule has 0 saturated carbocycles. The Labute approximate surface area is 108 Å². The average Bonchev–Trinajstić information content (AvgIpc) is 2.91. The molecule has 2 rings (SSSR count). The zero-order chi connectivity index (χ0) is 13.0. The lowest BCUT2D eigenvalue weighted by atomic mass is 10.1. The van der Waals surface area contributed by atoms with E-state index in [9.17, 15) is 4.79 Å². The summed E-state index contributed by atoms with van der Waals surface area (Å²) in [4.78, 5) is 13.9. The van der Waals surface area contributed by atoms with Crippen LogP contribution >= 0.6 is 0 Å². The summed E-state index contributed by atoms with van der Waals surface area (Å²) in [5.41, 5.74) is 6.85. The summed E-state index contributed by atoms with van der Waals surface area (Å²) in [6, 6.07) is 8.91. The molecule has 0 bridgehead atoms. The lowest BCUT2D eigenvalue weighted by molar-refractivity contribution is -0.132. The molecule has 0 aliphatic carbocycles. The number of ether oxygens (including phenoxy) is 1. The Kier molecular flexibility index (Phi) is 4.33. The van der Waals surface area contributed by atoms with Gasteiger partial charge in [0.2, 0.25) is 5.91 Å². The van der Waals surface area contributed by atoms with E-state index in [4.69, 9.17) is 10.5 Å². The second-order valence-electron chi connectivity index (χ2n) is 4.84. The van der Waals surface area contributed by atoms with Crippen LogP contribution in [0.4, 0.5) is 0 Å². The molecule has 1 aromatic carbocycles. The van der Waals surface area contributed by atoms with Gasteiger partial charge in [-0.3, -0.25) is 4.79 Å². The molecule has 4 heteroatoms. The van der Waals surface area contributed by atoms with Crippen molar-refractivity contribution >= 4 is 5.91 Å². The van der Waals surface area contributed by atoms with Crippen LogP contribution in [0, 0.1) is 5.92 Å². The largest absolute Gasteiger partial charge is 0.381 e. The monoisotopic (exact) mass is 248 g/mol. The molecule has 1 saturated heterocycles. The van der Waals surface area contributed by atoms with Gasteiger partial charge in [-0.15, -0.1) is 0 Å². The SMILES string of the molecule is CN(C[C@@H]1CCOC1)C(=O)[C@@H](N)c1ccccc1. The minimum absolute atomic E-state index is 0.0342. The summed E-state index contributed by atoms with van der Waals surface area (Å²) in [5, 5.41) is 0. The van der Waals surface area contributed by atoms with Crippen molar-refractivity contribution < 1.29 is 9.53 Å². The maximum Gasteiger partial charge on any atom is 0.243 e. The standard InChI is InChI=1S/C14H20N2O2/c1-16(9-11-7-8-18-10-11)14(17)13(15)12-5-3-2-4-6-12/h2-6,11,13H,7-10,15H2,1H3/t11-,13-/m0/s1. The number of amides is 1. The quantitative estimate of drug-likeness (QED) is 0.870. The summed E-state index contributed by atoms with van der Waals surface area (Å²) in [5.74, 6) is 0.412. The van der Waals surface area contributed by atoms with Gasteiger partial charge in [0, 0.05) is 26.1 Å². The van der Waals surface area contributed by atoms with Gasteiger partial charge < -0.3 is 15.4 Å². The zero-order valence-corrected chi connectivity index (χ0v) is 10.7. The van der Waals surface area contributed by atoms with Gasteiger partial charge in [-0.2, -0.15) is 0 Å². The second kappa shape index (κ2) is 5.98. The van der Waals surface area contributed by atoms with E-state index in [2.05, 4.69) is 0 Å². The first kappa shape index (κ1) is 13.1. The molecule has 1 aliphatic heterocycles. The van der Waals surface area contributed by atoms with Gasteiger partial charge in [0.15, 0.2) is 0 Å². The Morgan fingerprint density at radius 1 is 1.50 bits per heavy atom. The van der Waals surface area contributed by atoms with Gasteiger partial charge in [0.1, 0.15) is 6.04 Å². The van der Waals surface area contributed by atoms with Crippen molar-refractivity contribution in [2.75, 3.05) is 26.8 Å². The molecule has 0 spiro atoms. The highest BCUT2D eigenvalue weighted by Gasteiger charge is 2.24. The highest BCUT2D eigenvalue weighted by molar-refractivity contribution is 5.82. The number of hydrogen-bond donors (Lipinski definition) is 1. The summed E-state index contributed by atoms with van der Waals surface area (Å²) < 4.78 is 5.31. The molecule has 1 aromatic rings. The summed E-state index contributed by atoms with van der Waals surface area (Å²) in [6.45, 7) is 2.27. The van der Waals surface area contributed by atoms with Crippen LogP contribution in [0.3, 0.4) is 0 Å².